The van der Waals surface area contributed by atoms with E-state index in [0.717, 1.165) is 5.56 Å². The van der Waals surface area contributed by atoms with Gasteiger partial charge in [-0.15, -0.1) is 5.73 Å². The molecule has 0 aromatic heterocycles. The zero-order valence-electron chi connectivity index (χ0n) is 8.06. The molecule has 0 unspecified atom stereocenters. The van der Waals surface area contributed by atoms with E-state index in [9.17, 15) is 5.11 Å². The Morgan fingerprint density at radius 2 is 2.07 bits per heavy atom. The van der Waals surface area contributed by atoms with Gasteiger partial charge in [0.25, 0.3) is 0 Å². The summed E-state index contributed by atoms with van der Waals surface area (Å²) < 4.78 is 0. The van der Waals surface area contributed by atoms with Crippen LogP contribution in [0, 0.1) is 0 Å². The lowest BCUT2D eigenvalue weighted by atomic mass is 10.1. The Hall–Kier alpha value is -1.56. The number of hydrogen-bond acceptors (Lipinski definition) is 1. The van der Waals surface area contributed by atoms with Crippen LogP contribution in [0.5, 0.6) is 0 Å². The Kier molecular flexibility index (Phi) is 4.49. The molecule has 1 heteroatoms. The highest BCUT2D eigenvalue weighted by Crippen LogP contribution is 2.03. The molecule has 0 aliphatic carbocycles. The van der Waals surface area contributed by atoms with Crippen LogP contribution in [0.2, 0.25) is 0 Å². The molecule has 0 spiro atoms. The second-order valence-corrected chi connectivity index (χ2v) is 2.98. The molecule has 1 atom stereocenters. The van der Waals surface area contributed by atoms with Crippen LogP contribution in [0.3, 0.4) is 0 Å². The molecule has 0 bridgehead atoms. The number of aliphatic hydroxyl groups excluding tert-OH is 1. The summed E-state index contributed by atoms with van der Waals surface area (Å²) >= 11 is 0. The highest BCUT2D eigenvalue weighted by molar-refractivity contribution is 5.49. The van der Waals surface area contributed by atoms with Crippen molar-refractivity contribution >= 4 is 6.08 Å². The minimum atomic E-state index is -0.454. The fraction of sp³-hybridized carbons (Fsp3) is 0.154. The molecule has 1 rings (SSSR count). The zero-order valence-corrected chi connectivity index (χ0v) is 8.06. The average Bonchev–Trinajstić information content (AvgIpc) is 2.25. The lowest BCUT2D eigenvalue weighted by Gasteiger charge is -1.99. The first-order chi connectivity index (χ1) is 6.83. The Labute approximate surface area is 84.7 Å². The van der Waals surface area contributed by atoms with Crippen molar-refractivity contribution < 1.29 is 5.11 Å². The van der Waals surface area contributed by atoms with Crippen molar-refractivity contribution in [2.75, 3.05) is 0 Å². The maximum Gasteiger partial charge on any atom is 0.0764 e. The van der Waals surface area contributed by atoms with Crippen molar-refractivity contribution in [1.82, 2.24) is 0 Å². The van der Waals surface area contributed by atoms with E-state index < -0.39 is 6.10 Å². The minimum Gasteiger partial charge on any atom is -0.389 e. The van der Waals surface area contributed by atoms with E-state index in [-0.39, 0.29) is 0 Å². The molecule has 1 aromatic rings. The monoisotopic (exact) mass is 186 g/mol. The molecule has 0 fully saturated rings. The second-order valence-electron chi connectivity index (χ2n) is 2.98. The van der Waals surface area contributed by atoms with Gasteiger partial charge in [-0.25, -0.2) is 0 Å². The molecule has 0 aliphatic rings. The van der Waals surface area contributed by atoms with Gasteiger partial charge in [0, 0.05) is 6.42 Å². The molecule has 0 heterocycles. The van der Waals surface area contributed by atoms with E-state index in [1.54, 1.807) is 12.2 Å². The fourth-order valence-electron chi connectivity index (χ4n) is 1.07. The smallest absolute Gasteiger partial charge is 0.0764 e. The lowest BCUT2D eigenvalue weighted by molar-refractivity contribution is 0.228. The van der Waals surface area contributed by atoms with Crippen LogP contribution in [0.1, 0.15) is 12.0 Å². The molecule has 1 N–H and O–H groups in total. The second kappa shape index (κ2) is 5.98. The van der Waals surface area contributed by atoms with E-state index in [4.69, 9.17) is 0 Å². The third kappa shape index (κ3) is 3.90. The summed E-state index contributed by atoms with van der Waals surface area (Å²) in [6.45, 7) is 3.44. The number of hydrogen-bond donors (Lipinski definition) is 1. The maximum absolute atomic E-state index is 9.46. The van der Waals surface area contributed by atoms with Crippen LogP contribution in [0.15, 0.2) is 54.8 Å². The maximum atomic E-state index is 9.46. The SMILES string of the molecule is C=C=CC[C@@H](O)/C=C/c1ccccc1. The van der Waals surface area contributed by atoms with E-state index in [0.29, 0.717) is 6.42 Å². The third-order valence-electron chi connectivity index (χ3n) is 1.81. The van der Waals surface area contributed by atoms with Gasteiger partial charge in [-0.1, -0.05) is 49.1 Å². The summed E-state index contributed by atoms with van der Waals surface area (Å²) in [5.74, 6) is 0. The van der Waals surface area contributed by atoms with Gasteiger partial charge in [-0.3, -0.25) is 0 Å². The average molecular weight is 186 g/mol. The van der Waals surface area contributed by atoms with E-state index in [2.05, 4.69) is 12.3 Å². The van der Waals surface area contributed by atoms with Crippen LogP contribution in [0.25, 0.3) is 6.08 Å². The van der Waals surface area contributed by atoms with Gasteiger partial charge in [-0.2, -0.15) is 0 Å². The first kappa shape index (κ1) is 10.5. The fourth-order valence-corrected chi connectivity index (χ4v) is 1.07. The first-order valence-electron chi connectivity index (χ1n) is 4.58. The Bertz CT molecular complexity index is 332. The summed E-state index contributed by atoms with van der Waals surface area (Å²) in [5, 5.41) is 9.46. The van der Waals surface area contributed by atoms with Crippen molar-refractivity contribution in [3.63, 3.8) is 0 Å². The van der Waals surface area contributed by atoms with Gasteiger partial charge in [0.05, 0.1) is 6.10 Å². The van der Waals surface area contributed by atoms with Gasteiger partial charge in [-0.05, 0) is 11.6 Å². The molecule has 14 heavy (non-hydrogen) atoms. The summed E-state index contributed by atoms with van der Waals surface area (Å²) in [6, 6.07) is 9.89. The molecular weight excluding hydrogens is 172 g/mol. The summed E-state index contributed by atoms with van der Waals surface area (Å²) in [6.07, 6.45) is 5.50. The predicted molar refractivity (Wildman–Crippen MR) is 59.8 cm³/mol. The number of rotatable bonds is 4. The van der Waals surface area contributed by atoms with Crippen LogP contribution >= 0.6 is 0 Å². The topological polar surface area (TPSA) is 20.2 Å². The van der Waals surface area contributed by atoms with Crippen molar-refractivity contribution in [3.05, 3.63) is 60.4 Å². The van der Waals surface area contributed by atoms with Crippen molar-refractivity contribution in [2.24, 2.45) is 0 Å². The lowest BCUT2D eigenvalue weighted by Crippen LogP contribution is -1.98. The molecular formula is C13H14O. The number of aliphatic hydroxyl groups is 1. The Balaban J connectivity index is 2.51. The van der Waals surface area contributed by atoms with Crippen LogP contribution in [-0.4, -0.2) is 11.2 Å². The first-order valence-corrected chi connectivity index (χ1v) is 4.58. The molecule has 0 amide bonds. The molecule has 1 nitrogen and oxygen atoms in total. The molecule has 1 aromatic carbocycles. The molecule has 0 aliphatic heterocycles. The summed E-state index contributed by atoms with van der Waals surface area (Å²) in [5.41, 5.74) is 3.72. The standard InChI is InChI=1S/C13H14O/c1-2-3-9-13(14)11-10-12-7-5-4-6-8-12/h3-8,10-11,13-14H,1,9H2/b11-10+/t13-/m1/s1. The number of benzene rings is 1. The van der Waals surface area contributed by atoms with Crippen molar-refractivity contribution in [3.8, 4) is 0 Å². The summed E-state index contributed by atoms with van der Waals surface area (Å²) in [4.78, 5) is 0. The van der Waals surface area contributed by atoms with E-state index in [1.807, 2.05) is 36.4 Å². The molecule has 0 radical (unpaired) electrons. The molecule has 72 valence electrons. The Morgan fingerprint density at radius 3 is 2.71 bits per heavy atom. The Morgan fingerprint density at radius 1 is 1.36 bits per heavy atom. The van der Waals surface area contributed by atoms with Crippen molar-refractivity contribution in [2.45, 2.75) is 12.5 Å². The van der Waals surface area contributed by atoms with Crippen molar-refractivity contribution in [1.29, 1.82) is 0 Å². The third-order valence-corrected chi connectivity index (χ3v) is 1.81. The highest BCUT2D eigenvalue weighted by atomic mass is 16.3. The van der Waals surface area contributed by atoms with Crippen LogP contribution < -0.4 is 0 Å². The van der Waals surface area contributed by atoms with E-state index >= 15 is 0 Å². The quantitative estimate of drug-likeness (QED) is 0.717. The highest BCUT2D eigenvalue weighted by Gasteiger charge is 1.93. The summed E-state index contributed by atoms with van der Waals surface area (Å²) in [7, 11) is 0. The van der Waals surface area contributed by atoms with E-state index in [1.165, 1.54) is 0 Å². The normalized spacial score (nSPS) is 12.4. The predicted octanol–water partition coefficient (Wildman–Crippen LogP) is 2.79. The van der Waals surface area contributed by atoms with Crippen LogP contribution in [0.4, 0.5) is 0 Å². The van der Waals surface area contributed by atoms with Gasteiger partial charge in [0.15, 0.2) is 0 Å². The van der Waals surface area contributed by atoms with Gasteiger partial charge in [0.2, 0.25) is 0 Å². The minimum absolute atomic E-state index is 0.454. The van der Waals surface area contributed by atoms with Crippen LogP contribution in [-0.2, 0) is 0 Å². The van der Waals surface area contributed by atoms with Gasteiger partial charge < -0.3 is 5.11 Å². The van der Waals surface area contributed by atoms with Gasteiger partial charge in [0.1, 0.15) is 0 Å². The largest absolute Gasteiger partial charge is 0.389 e. The van der Waals surface area contributed by atoms with Gasteiger partial charge >= 0.3 is 0 Å². The molecule has 0 saturated carbocycles. The zero-order chi connectivity index (χ0) is 10.2. The molecule has 0 saturated heterocycles.